The fraction of sp³-hybridized carbons (Fsp3) is 0.611. The van der Waals surface area contributed by atoms with Gasteiger partial charge in [-0.3, -0.25) is 4.99 Å². The molecule has 1 aliphatic heterocycles. The van der Waals surface area contributed by atoms with Gasteiger partial charge in [0.05, 0.1) is 26.9 Å². The third kappa shape index (κ3) is 4.06. The molecule has 0 fully saturated rings. The zero-order valence-electron chi connectivity index (χ0n) is 16.2. The van der Waals surface area contributed by atoms with Crippen LogP contribution in [0.2, 0.25) is 5.04 Å². The van der Waals surface area contributed by atoms with Gasteiger partial charge in [0, 0.05) is 25.5 Å². The molecule has 1 aromatic carbocycles. The summed E-state index contributed by atoms with van der Waals surface area (Å²) in [6.07, 6.45) is 2.64. The van der Waals surface area contributed by atoms with Crippen molar-refractivity contribution >= 4 is 15.0 Å². The number of fused-ring (bicyclic) bond motifs is 1. The highest BCUT2D eigenvalue weighted by molar-refractivity contribution is 6.63. The summed E-state index contributed by atoms with van der Waals surface area (Å²) in [5, 5.41) is -0.205. The lowest BCUT2D eigenvalue weighted by molar-refractivity contribution is 0.0710. The summed E-state index contributed by atoms with van der Waals surface area (Å²) >= 11 is 0. The second-order valence-corrected chi connectivity index (χ2v) is 10.8. The highest BCUT2D eigenvalue weighted by Gasteiger charge is 2.52. The molecule has 0 unspecified atom stereocenters. The Morgan fingerprint density at radius 2 is 1.64 bits per heavy atom. The van der Waals surface area contributed by atoms with E-state index < -0.39 is 8.80 Å². The van der Waals surface area contributed by atoms with Crippen molar-refractivity contribution in [3.63, 3.8) is 0 Å². The van der Waals surface area contributed by atoms with E-state index >= 15 is 0 Å². The first-order valence-electron chi connectivity index (χ1n) is 8.32. The van der Waals surface area contributed by atoms with Crippen LogP contribution in [0, 0.1) is 0 Å². The summed E-state index contributed by atoms with van der Waals surface area (Å²) in [7, 11) is 3.80. The van der Waals surface area contributed by atoms with E-state index in [1.807, 2.05) is 18.3 Å². The maximum atomic E-state index is 6.17. The Hall–Kier alpha value is -1.41. The summed E-state index contributed by atoms with van der Waals surface area (Å²) in [6.45, 7) is 6.67. The molecular weight excluding hydrogens is 338 g/mol. The average Bonchev–Trinajstić information content (AvgIpc) is 2.60. The number of hydrogen-bond acceptors (Lipinski definition) is 6. The molecular formula is C18H29NO5Si. The molecule has 1 aromatic rings. The van der Waals surface area contributed by atoms with Crippen LogP contribution in [0.4, 0.5) is 0 Å². The van der Waals surface area contributed by atoms with Crippen LogP contribution in [0.5, 0.6) is 11.5 Å². The van der Waals surface area contributed by atoms with Gasteiger partial charge in [0.25, 0.3) is 0 Å². The van der Waals surface area contributed by atoms with Gasteiger partial charge in [-0.25, -0.2) is 0 Å². The van der Waals surface area contributed by atoms with Crippen molar-refractivity contribution in [2.75, 3.05) is 35.0 Å². The van der Waals surface area contributed by atoms with Crippen LogP contribution in [0.25, 0.3) is 0 Å². The van der Waals surface area contributed by atoms with E-state index in [-0.39, 0.29) is 11.1 Å². The van der Waals surface area contributed by atoms with E-state index in [0.29, 0.717) is 12.4 Å². The Labute approximate surface area is 151 Å². The molecule has 2 rings (SSSR count). The smallest absolute Gasteiger partial charge is 0.493 e. The predicted octanol–water partition coefficient (Wildman–Crippen LogP) is 3.10. The molecule has 25 heavy (non-hydrogen) atoms. The molecule has 7 heteroatoms. The molecule has 0 saturated carbocycles. The summed E-state index contributed by atoms with van der Waals surface area (Å²) < 4.78 is 28.3. The number of hydrogen-bond donors (Lipinski definition) is 0. The van der Waals surface area contributed by atoms with Gasteiger partial charge in [0.1, 0.15) is 0 Å². The maximum absolute atomic E-state index is 6.17. The SMILES string of the molecule is COc1cc2c(cc1OC)C[C@@H](CO[Si](OC)(OC)C(C)(C)C)N=C2. The predicted molar refractivity (Wildman–Crippen MR) is 100 cm³/mol. The van der Waals surface area contributed by atoms with Crippen LogP contribution in [0.15, 0.2) is 17.1 Å². The molecule has 1 aliphatic rings. The molecule has 140 valence electrons. The fourth-order valence-electron chi connectivity index (χ4n) is 3.06. The summed E-state index contributed by atoms with van der Waals surface area (Å²) in [4.78, 5) is 4.62. The monoisotopic (exact) mass is 367 g/mol. The van der Waals surface area contributed by atoms with Gasteiger partial charge < -0.3 is 22.8 Å². The largest absolute Gasteiger partial charge is 0.506 e. The first-order chi connectivity index (χ1) is 11.8. The normalized spacial score (nSPS) is 17.3. The van der Waals surface area contributed by atoms with Gasteiger partial charge in [-0.1, -0.05) is 20.8 Å². The van der Waals surface area contributed by atoms with E-state index in [9.17, 15) is 0 Å². The standard InChI is InChI=1S/C18H29NO5Si/c1-18(2,3)25(22-6,23-7)24-12-15-8-13-9-16(20-4)17(21-5)10-14(13)11-19-15/h9-11,15H,8,12H2,1-7H3/t15-/m0/s1. The van der Waals surface area contributed by atoms with Crippen molar-refractivity contribution < 1.29 is 22.8 Å². The average molecular weight is 368 g/mol. The molecule has 6 nitrogen and oxygen atoms in total. The molecule has 1 heterocycles. The van der Waals surface area contributed by atoms with Crippen LogP contribution >= 0.6 is 0 Å². The van der Waals surface area contributed by atoms with Crippen LogP contribution in [-0.2, 0) is 19.7 Å². The van der Waals surface area contributed by atoms with Gasteiger partial charge in [-0.15, -0.1) is 0 Å². The molecule has 0 radical (unpaired) electrons. The number of aliphatic imine (C=N–C) groups is 1. The Kier molecular flexibility index (Phi) is 6.26. The van der Waals surface area contributed by atoms with Crippen molar-refractivity contribution in [2.24, 2.45) is 4.99 Å². The van der Waals surface area contributed by atoms with Crippen molar-refractivity contribution in [3.8, 4) is 11.5 Å². The molecule has 0 bridgehead atoms. The zero-order chi connectivity index (χ0) is 18.7. The lowest BCUT2D eigenvalue weighted by Gasteiger charge is -2.37. The van der Waals surface area contributed by atoms with Crippen molar-refractivity contribution in [1.29, 1.82) is 0 Å². The van der Waals surface area contributed by atoms with Gasteiger partial charge in [0.2, 0.25) is 0 Å². The highest BCUT2D eigenvalue weighted by Crippen LogP contribution is 2.38. The third-order valence-corrected chi connectivity index (χ3v) is 7.91. The van der Waals surface area contributed by atoms with E-state index in [1.165, 1.54) is 5.56 Å². The lowest BCUT2D eigenvalue weighted by atomic mass is 9.97. The van der Waals surface area contributed by atoms with Crippen molar-refractivity contribution in [3.05, 3.63) is 23.3 Å². The van der Waals surface area contributed by atoms with E-state index in [4.69, 9.17) is 22.8 Å². The summed E-state index contributed by atoms with van der Waals surface area (Å²) in [5.41, 5.74) is 2.21. The quantitative estimate of drug-likeness (QED) is 0.693. The minimum absolute atomic E-state index is 0.0186. The van der Waals surface area contributed by atoms with Crippen LogP contribution in [0.3, 0.4) is 0 Å². The van der Waals surface area contributed by atoms with Crippen molar-refractivity contribution in [2.45, 2.75) is 38.3 Å². The maximum Gasteiger partial charge on any atom is 0.506 e. The summed E-state index contributed by atoms with van der Waals surface area (Å²) in [5.74, 6) is 1.43. The number of rotatable bonds is 7. The molecule has 1 atom stereocenters. The molecule has 0 N–H and O–H groups in total. The van der Waals surface area contributed by atoms with Gasteiger partial charge >= 0.3 is 8.80 Å². The number of benzene rings is 1. The van der Waals surface area contributed by atoms with Gasteiger partial charge in [0.15, 0.2) is 11.5 Å². The second-order valence-electron chi connectivity index (χ2n) is 7.07. The molecule has 0 aliphatic carbocycles. The first-order valence-corrected chi connectivity index (χ1v) is 10.0. The Balaban J connectivity index is 2.14. The fourth-order valence-corrected chi connectivity index (χ4v) is 5.54. The van der Waals surface area contributed by atoms with Crippen LogP contribution in [0.1, 0.15) is 31.9 Å². The molecule has 0 spiro atoms. The first kappa shape index (κ1) is 19.9. The topological polar surface area (TPSA) is 58.5 Å². The Morgan fingerprint density at radius 1 is 1.04 bits per heavy atom. The van der Waals surface area contributed by atoms with Gasteiger partial charge in [-0.2, -0.15) is 0 Å². The van der Waals surface area contributed by atoms with Crippen LogP contribution in [-0.4, -0.2) is 56.1 Å². The molecule has 0 amide bonds. The minimum Gasteiger partial charge on any atom is -0.493 e. The molecule has 0 saturated heterocycles. The van der Waals surface area contributed by atoms with Crippen molar-refractivity contribution in [1.82, 2.24) is 0 Å². The second kappa shape index (κ2) is 7.86. The number of methoxy groups -OCH3 is 2. The van der Waals surface area contributed by atoms with E-state index in [2.05, 4.69) is 25.8 Å². The third-order valence-electron chi connectivity index (χ3n) is 4.45. The summed E-state index contributed by atoms with van der Waals surface area (Å²) in [6, 6.07) is 3.98. The Bertz CT molecular complexity index is 623. The number of nitrogens with zero attached hydrogens (tertiary/aromatic N) is 1. The minimum atomic E-state index is -2.77. The molecule has 0 aromatic heterocycles. The Morgan fingerprint density at radius 3 is 2.16 bits per heavy atom. The van der Waals surface area contributed by atoms with Gasteiger partial charge in [-0.05, 0) is 29.7 Å². The zero-order valence-corrected chi connectivity index (χ0v) is 17.2. The highest BCUT2D eigenvalue weighted by atomic mass is 28.4. The number of ether oxygens (including phenoxy) is 2. The van der Waals surface area contributed by atoms with E-state index in [1.54, 1.807) is 28.4 Å². The lowest BCUT2D eigenvalue weighted by Crippen LogP contribution is -2.53. The van der Waals surface area contributed by atoms with Crippen LogP contribution < -0.4 is 9.47 Å². The van der Waals surface area contributed by atoms with E-state index in [0.717, 1.165) is 17.7 Å².